The Morgan fingerprint density at radius 2 is 2.03 bits per heavy atom. The van der Waals surface area contributed by atoms with E-state index in [0.717, 1.165) is 21.6 Å². The number of anilines is 1. The van der Waals surface area contributed by atoms with Crippen LogP contribution in [0.3, 0.4) is 0 Å². The Labute approximate surface area is 204 Å². The quantitative estimate of drug-likeness (QED) is 0.365. The number of hydrogen-bond donors (Lipinski definition) is 0. The first-order chi connectivity index (χ1) is 15.9. The molecule has 0 bridgehead atoms. The van der Waals surface area contributed by atoms with Crippen LogP contribution in [0, 0.1) is 0 Å². The van der Waals surface area contributed by atoms with Crippen LogP contribution in [0.25, 0.3) is 10.2 Å². The summed E-state index contributed by atoms with van der Waals surface area (Å²) >= 11 is 8.40. The highest BCUT2D eigenvalue weighted by atomic mass is 35.5. The summed E-state index contributed by atoms with van der Waals surface area (Å²) in [5.74, 6) is -0.273. The maximum absolute atomic E-state index is 13.8. The molecule has 1 fully saturated rings. The zero-order valence-electron chi connectivity index (χ0n) is 17.4. The number of aromatic nitrogens is 3. The fourth-order valence-electron chi connectivity index (χ4n) is 3.92. The lowest BCUT2D eigenvalue weighted by Gasteiger charge is -2.28. The van der Waals surface area contributed by atoms with Gasteiger partial charge in [0, 0.05) is 25.5 Å². The number of amides is 1. The first-order valence-corrected chi connectivity index (χ1v) is 13.8. The van der Waals surface area contributed by atoms with Crippen molar-refractivity contribution in [2.75, 3.05) is 18.0 Å². The van der Waals surface area contributed by atoms with Crippen LogP contribution in [0.2, 0.25) is 4.34 Å². The van der Waals surface area contributed by atoms with E-state index in [2.05, 4.69) is 10.1 Å². The second-order valence-electron chi connectivity index (χ2n) is 7.56. The molecule has 4 aromatic rings. The van der Waals surface area contributed by atoms with Gasteiger partial charge < -0.3 is 0 Å². The van der Waals surface area contributed by atoms with E-state index < -0.39 is 16.1 Å². The van der Waals surface area contributed by atoms with Crippen LogP contribution in [-0.4, -0.2) is 52.5 Å². The van der Waals surface area contributed by atoms with Crippen molar-refractivity contribution in [1.82, 2.24) is 19.1 Å². The largest absolute Gasteiger partial charge is 0.285 e. The highest BCUT2D eigenvalue weighted by Gasteiger charge is 2.42. The normalized spacial score (nSPS) is 17.1. The summed E-state index contributed by atoms with van der Waals surface area (Å²) in [4.78, 5) is 20.1. The number of halogens is 1. The molecule has 3 aromatic heterocycles. The van der Waals surface area contributed by atoms with Crippen LogP contribution in [0.15, 0.2) is 59.1 Å². The van der Waals surface area contributed by atoms with Crippen LogP contribution in [0.5, 0.6) is 0 Å². The number of sulfonamides is 1. The van der Waals surface area contributed by atoms with Crippen LogP contribution in [0.4, 0.5) is 5.13 Å². The number of thiophene rings is 1. The van der Waals surface area contributed by atoms with Crippen LogP contribution < -0.4 is 4.90 Å². The van der Waals surface area contributed by atoms with E-state index in [9.17, 15) is 13.2 Å². The minimum Gasteiger partial charge on any atom is -0.285 e. The summed E-state index contributed by atoms with van der Waals surface area (Å²) in [7, 11) is -3.83. The number of carbonyl (C=O) groups excluding carboxylic acids is 1. The van der Waals surface area contributed by atoms with Gasteiger partial charge in [0.2, 0.25) is 5.91 Å². The number of thiazole rings is 1. The minimum absolute atomic E-state index is 0.148. The SMILES string of the molecule is O=C(C1CCCN1S(=O)(=O)c1ccc(Cl)s1)N(CCn1cccn1)c1nc2ccccc2s1. The van der Waals surface area contributed by atoms with E-state index in [1.807, 2.05) is 36.5 Å². The molecule has 0 aliphatic carbocycles. The number of rotatable bonds is 7. The molecule has 1 unspecified atom stereocenters. The Morgan fingerprint density at radius 3 is 2.76 bits per heavy atom. The number of para-hydroxylation sites is 1. The average molecular weight is 522 g/mol. The monoisotopic (exact) mass is 521 g/mol. The van der Waals surface area contributed by atoms with Crippen molar-refractivity contribution in [2.45, 2.75) is 29.6 Å². The van der Waals surface area contributed by atoms with E-state index in [0.29, 0.717) is 41.9 Å². The molecule has 8 nitrogen and oxygen atoms in total. The van der Waals surface area contributed by atoms with Crippen molar-refractivity contribution < 1.29 is 13.2 Å². The van der Waals surface area contributed by atoms with Gasteiger partial charge in [-0.2, -0.15) is 9.40 Å². The Hall–Kier alpha value is -2.31. The molecule has 4 heterocycles. The summed E-state index contributed by atoms with van der Waals surface area (Å²) in [6.45, 7) is 1.09. The van der Waals surface area contributed by atoms with Crippen molar-refractivity contribution in [2.24, 2.45) is 0 Å². The summed E-state index contributed by atoms with van der Waals surface area (Å²) in [5.41, 5.74) is 0.804. The van der Waals surface area contributed by atoms with Gasteiger partial charge in [0.25, 0.3) is 10.0 Å². The molecule has 12 heteroatoms. The first kappa shape index (κ1) is 22.5. The van der Waals surface area contributed by atoms with Gasteiger partial charge >= 0.3 is 0 Å². The van der Waals surface area contributed by atoms with E-state index in [4.69, 9.17) is 11.6 Å². The van der Waals surface area contributed by atoms with Gasteiger partial charge in [0.15, 0.2) is 5.13 Å². The van der Waals surface area contributed by atoms with Gasteiger partial charge in [-0.3, -0.25) is 14.4 Å². The second-order valence-corrected chi connectivity index (χ2v) is 12.4. The molecule has 0 N–H and O–H groups in total. The molecule has 1 aliphatic heterocycles. The van der Waals surface area contributed by atoms with Crippen molar-refractivity contribution >= 4 is 65.6 Å². The standard InChI is InChI=1S/C21H20ClN5O3S3/c22-18-8-9-19(32-18)33(29,30)27-12-3-6-16(27)20(28)26(14-13-25-11-4-10-23-25)21-24-15-5-1-2-7-17(15)31-21/h1-2,4-5,7-11,16H,3,6,12-14H2. The topological polar surface area (TPSA) is 88.4 Å². The van der Waals surface area contributed by atoms with E-state index >= 15 is 0 Å². The molecule has 0 saturated carbocycles. The van der Waals surface area contributed by atoms with E-state index in [1.54, 1.807) is 21.8 Å². The second kappa shape index (κ2) is 9.15. The summed E-state index contributed by atoms with van der Waals surface area (Å²) in [5, 5.41) is 4.77. The van der Waals surface area contributed by atoms with Crippen molar-refractivity contribution in [3.05, 3.63) is 59.2 Å². The average Bonchev–Trinajstić information content (AvgIpc) is 3.59. The third-order valence-electron chi connectivity index (χ3n) is 5.49. The van der Waals surface area contributed by atoms with Crippen LogP contribution in [-0.2, 0) is 21.4 Å². The smallest absolute Gasteiger partial charge is 0.253 e. The zero-order valence-corrected chi connectivity index (χ0v) is 20.6. The molecule has 1 saturated heterocycles. The lowest BCUT2D eigenvalue weighted by atomic mass is 10.2. The lowest BCUT2D eigenvalue weighted by molar-refractivity contribution is -0.121. The van der Waals surface area contributed by atoms with Gasteiger partial charge in [0.1, 0.15) is 10.3 Å². The molecular weight excluding hydrogens is 502 g/mol. The van der Waals surface area contributed by atoms with Crippen molar-refractivity contribution in [3.63, 3.8) is 0 Å². The number of nitrogens with zero attached hydrogens (tertiary/aromatic N) is 5. The van der Waals surface area contributed by atoms with Crippen molar-refractivity contribution in [3.8, 4) is 0 Å². The summed E-state index contributed by atoms with van der Waals surface area (Å²) in [6, 6.07) is 11.8. The zero-order chi connectivity index (χ0) is 23.0. The summed E-state index contributed by atoms with van der Waals surface area (Å²) < 4.78 is 31.1. The molecule has 33 heavy (non-hydrogen) atoms. The highest BCUT2D eigenvalue weighted by Crippen LogP contribution is 2.35. The van der Waals surface area contributed by atoms with E-state index in [-0.39, 0.29) is 10.1 Å². The summed E-state index contributed by atoms with van der Waals surface area (Å²) in [6.07, 6.45) is 4.58. The first-order valence-electron chi connectivity index (χ1n) is 10.3. The van der Waals surface area contributed by atoms with E-state index in [1.165, 1.54) is 21.7 Å². The Kier molecular flexibility index (Phi) is 6.23. The Morgan fingerprint density at radius 1 is 1.18 bits per heavy atom. The molecule has 1 atom stereocenters. The highest BCUT2D eigenvalue weighted by molar-refractivity contribution is 7.91. The van der Waals surface area contributed by atoms with Crippen LogP contribution >= 0.6 is 34.3 Å². The van der Waals surface area contributed by atoms with Gasteiger partial charge in [-0.05, 0) is 43.2 Å². The lowest BCUT2D eigenvalue weighted by Crippen LogP contribution is -2.48. The number of fused-ring (bicyclic) bond motifs is 1. The minimum atomic E-state index is -3.83. The predicted octanol–water partition coefficient (Wildman–Crippen LogP) is 4.09. The van der Waals surface area contributed by atoms with Gasteiger partial charge in [-0.15, -0.1) is 11.3 Å². The molecule has 5 rings (SSSR count). The molecule has 1 aliphatic rings. The molecule has 1 amide bonds. The number of benzene rings is 1. The number of carbonyl (C=O) groups is 1. The third-order valence-corrected chi connectivity index (χ3v) is 10.2. The molecule has 1 aromatic carbocycles. The van der Waals surface area contributed by atoms with Crippen LogP contribution in [0.1, 0.15) is 12.8 Å². The molecule has 172 valence electrons. The van der Waals surface area contributed by atoms with Gasteiger partial charge in [-0.1, -0.05) is 35.1 Å². The molecular formula is C21H20ClN5O3S3. The van der Waals surface area contributed by atoms with Gasteiger partial charge in [-0.25, -0.2) is 13.4 Å². The molecule has 0 radical (unpaired) electrons. The maximum atomic E-state index is 13.8. The Balaban J connectivity index is 1.47. The fraction of sp³-hybridized carbons (Fsp3) is 0.286. The third kappa shape index (κ3) is 4.43. The Bertz CT molecular complexity index is 1350. The van der Waals surface area contributed by atoms with Gasteiger partial charge in [0.05, 0.1) is 21.1 Å². The fourth-order valence-corrected chi connectivity index (χ4v) is 8.18. The van der Waals surface area contributed by atoms with Crippen molar-refractivity contribution in [1.29, 1.82) is 0 Å². The maximum Gasteiger partial charge on any atom is 0.253 e. The predicted molar refractivity (Wildman–Crippen MR) is 130 cm³/mol. The number of hydrogen-bond acceptors (Lipinski definition) is 7. The molecule has 0 spiro atoms.